The monoisotopic (exact) mass is 300 g/mol. The Morgan fingerprint density at radius 1 is 1.29 bits per heavy atom. The lowest BCUT2D eigenvalue weighted by atomic mass is 10.1. The van der Waals surface area contributed by atoms with Gasteiger partial charge in [-0.25, -0.2) is 9.59 Å². The van der Waals surface area contributed by atoms with Gasteiger partial charge in [-0.2, -0.15) is 0 Å². The van der Waals surface area contributed by atoms with Crippen LogP contribution in [0.15, 0.2) is 12.2 Å². The fraction of sp³-hybridized carbons (Fsp3) is 0.643. The summed E-state index contributed by atoms with van der Waals surface area (Å²) in [5, 5.41) is 11.3. The number of ether oxygens (including phenoxy) is 1. The van der Waals surface area contributed by atoms with E-state index in [4.69, 9.17) is 9.84 Å². The van der Waals surface area contributed by atoms with Crippen LogP contribution in [0.25, 0.3) is 0 Å². The molecule has 7 nitrogen and oxygen atoms in total. The molecule has 0 bridgehead atoms. The Bertz CT molecular complexity index is 410. The van der Waals surface area contributed by atoms with Crippen LogP contribution in [0.4, 0.5) is 4.79 Å². The van der Waals surface area contributed by atoms with Crippen LogP contribution in [0, 0.1) is 0 Å². The standard InChI is InChI=1S/C14H24N2O5/c1-14(2,3)21-13(20)15-10(12(18)19)8-6-7-9-11(17)16(4)5/h7,9-10H,6,8H2,1-5H3,(H,15,20)(H,18,19)/b9-7+/t10-/m0/s1. The molecule has 0 aromatic rings. The highest BCUT2D eigenvalue weighted by molar-refractivity contribution is 5.87. The first kappa shape index (κ1) is 18.9. The number of allylic oxidation sites excluding steroid dienone is 1. The van der Waals surface area contributed by atoms with Gasteiger partial charge in [0.15, 0.2) is 0 Å². The number of carbonyl (C=O) groups is 3. The van der Waals surface area contributed by atoms with Gasteiger partial charge in [0, 0.05) is 14.1 Å². The zero-order valence-corrected chi connectivity index (χ0v) is 13.2. The van der Waals surface area contributed by atoms with E-state index in [-0.39, 0.29) is 12.3 Å². The molecule has 0 aliphatic rings. The first-order chi connectivity index (χ1) is 9.53. The van der Waals surface area contributed by atoms with Crippen LogP contribution in [0.1, 0.15) is 33.6 Å². The zero-order chi connectivity index (χ0) is 16.6. The van der Waals surface area contributed by atoms with Crippen molar-refractivity contribution in [2.75, 3.05) is 14.1 Å². The number of carboxylic acid groups (broad SMARTS) is 1. The lowest BCUT2D eigenvalue weighted by Crippen LogP contribution is -2.43. The summed E-state index contributed by atoms with van der Waals surface area (Å²) in [6.45, 7) is 5.08. The summed E-state index contributed by atoms with van der Waals surface area (Å²) in [5.74, 6) is -1.32. The van der Waals surface area contributed by atoms with Crippen molar-refractivity contribution in [2.24, 2.45) is 0 Å². The van der Waals surface area contributed by atoms with Gasteiger partial charge in [0.2, 0.25) is 5.91 Å². The second kappa shape index (κ2) is 8.28. The predicted octanol–water partition coefficient (Wildman–Crippen LogP) is 1.39. The summed E-state index contributed by atoms with van der Waals surface area (Å²) in [6, 6.07) is -1.06. The van der Waals surface area contributed by atoms with Crippen LogP contribution in [-0.2, 0) is 14.3 Å². The number of likely N-dealkylation sites (N-methyl/N-ethyl adjacent to an activating group) is 1. The summed E-state index contributed by atoms with van der Waals surface area (Å²) in [6.07, 6.45) is 2.70. The maximum absolute atomic E-state index is 11.5. The smallest absolute Gasteiger partial charge is 0.408 e. The summed E-state index contributed by atoms with van der Waals surface area (Å²) in [4.78, 5) is 35.3. The molecule has 0 spiro atoms. The minimum atomic E-state index is -1.15. The van der Waals surface area contributed by atoms with E-state index >= 15 is 0 Å². The van der Waals surface area contributed by atoms with Crippen LogP contribution in [0.5, 0.6) is 0 Å². The molecule has 1 atom stereocenters. The van der Waals surface area contributed by atoms with Crippen molar-refractivity contribution in [3.63, 3.8) is 0 Å². The van der Waals surface area contributed by atoms with Crippen molar-refractivity contribution >= 4 is 18.0 Å². The number of carboxylic acids is 1. The molecule has 0 saturated heterocycles. The highest BCUT2D eigenvalue weighted by Gasteiger charge is 2.23. The molecule has 0 fully saturated rings. The molecule has 2 N–H and O–H groups in total. The molecular weight excluding hydrogens is 276 g/mol. The minimum absolute atomic E-state index is 0.172. The third kappa shape index (κ3) is 9.48. The van der Waals surface area contributed by atoms with Gasteiger partial charge in [-0.1, -0.05) is 6.08 Å². The molecule has 0 unspecified atom stereocenters. The van der Waals surface area contributed by atoms with Crippen LogP contribution >= 0.6 is 0 Å². The van der Waals surface area contributed by atoms with E-state index in [1.165, 1.54) is 11.0 Å². The quantitative estimate of drug-likeness (QED) is 0.723. The van der Waals surface area contributed by atoms with Gasteiger partial charge in [0.1, 0.15) is 11.6 Å². The number of rotatable bonds is 6. The van der Waals surface area contributed by atoms with Crippen molar-refractivity contribution in [3.05, 3.63) is 12.2 Å². The van der Waals surface area contributed by atoms with Crippen molar-refractivity contribution in [2.45, 2.75) is 45.3 Å². The zero-order valence-electron chi connectivity index (χ0n) is 13.2. The Balaban J connectivity index is 4.36. The number of nitrogens with zero attached hydrogens (tertiary/aromatic N) is 1. The van der Waals surface area contributed by atoms with E-state index in [0.717, 1.165) is 0 Å². The van der Waals surface area contributed by atoms with E-state index < -0.39 is 23.7 Å². The lowest BCUT2D eigenvalue weighted by molar-refractivity contribution is -0.139. The Hall–Kier alpha value is -2.05. The van der Waals surface area contributed by atoms with Gasteiger partial charge in [-0.15, -0.1) is 0 Å². The molecule has 120 valence electrons. The molecule has 0 aliphatic carbocycles. The lowest BCUT2D eigenvalue weighted by Gasteiger charge is -2.21. The SMILES string of the molecule is CN(C)C(=O)/C=C/CC[C@H](NC(=O)OC(C)(C)C)C(=O)O. The Morgan fingerprint density at radius 3 is 2.29 bits per heavy atom. The molecule has 2 amide bonds. The largest absolute Gasteiger partial charge is 0.480 e. The van der Waals surface area contributed by atoms with Gasteiger partial charge >= 0.3 is 12.1 Å². The molecular formula is C14H24N2O5. The first-order valence-electron chi connectivity index (χ1n) is 6.63. The number of hydrogen-bond acceptors (Lipinski definition) is 4. The van der Waals surface area contributed by atoms with Gasteiger partial charge in [0.05, 0.1) is 0 Å². The van der Waals surface area contributed by atoms with Gasteiger partial charge in [-0.3, -0.25) is 4.79 Å². The average Bonchev–Trinajstić information content (AvgIpc) is 2.29. The van der Waals surface area contributed by atoms with Crippen molar-refractivity contribution < 1.29 is 24.2 Å². The molecule has 0 radical (unpaired) electrons. The van der Waals surface area contributed by atoms with E-state index in [2.05, 4.69) is 5.32 Å². The van der Waals surface area contributed by atoms with Crippen LogP contribution in [0.3, 0.4) is 0 Å². The Morgan fingerprint density at radius 2 is 1.86 bits per heavy atom. The number of carbonyl (C=O) groups excluding carboxylic acids is 2. The van der Waals surface area contributed by atoms with E-state index in [1.54, 1.807) is 40.9 Å². The molecule has 0 rings (SSSR count). The maximum atomic E-state index is 11.5. The van der Waals surface area contributed by atoms with E-state index in [9.17, 15) is 14.4 Å². The Kier molecular flexibility index (Phi) is 7.48. The molecule has 0 heterocycles. The topological polar surface area (TPSA) is 95.9 Å². The van der Waals surface area contributed by atoms with Gasteiger partial charge in [-0.05, 0) is 39.7 Å². The molecule has 21 heavy (non-hydrogen) atoms. The number of aliphatic carboxylic acids is 1. The summed E-state index contributed by atoms with van der Waals surface area (Å²) < 4.78 is 5.00. The highest BCUT2D eigenvalue weighted by Crippen LogP contribution is 2.08. The molecule has 0 aromatic carbocycles. The highest BCUT2D eigenvalue weighted by atomic mass is 16.6. The second-order valence-corrected chi connectivity index (χ2v) is 5.75. The van der Waals surface area contributed by atoms with Crippen molar-refractivity contribution in [3.8, 4) is 0 Å². The fourth-order valence-electron chi connectivity index (χ4n) is 1.30. The van der Waals surface area contributed by atoms with Crippen molar-refractivity contribution in [1.29, 1.82) is 0 Å². The van der Waals surface area contributed by atoms with Gasteiger partial charge < -0.3 is 20.1 Å². The third-order valence-corrected chi connectivity index (χ3v) is 2.31. The van der Waals surface area contributed by atoms with Crippen LogP contribution in [0.2, 0.25) is 0 Å². The summed E-state index contributed by atoms with van der Waals surface area (Å²) in [7, 11) is 3.24. The number of alkyl carbamates (subject to hydrolysis) is 1. The predicted molar refractivity (Wildman–Crippen MR) is 77.9 cm³/mol. The number of hydrogen-bond donors (Lipinski definition) is 2. The average molecular weight is 300 g/mol. The summed E-state index contributed by atoms with van der Waals surface area (Å²) in [5.41, 5.74) is -0.689. The fourth-order valence-corrected chi connectivity index (χ4v) is 1.30. The summed E-state index contributed by atoms with van der Waals surface area (Å²) >= 11 is 0. The maximum Gasteiger partial charge on any atom is 0.408 e. The number of amides is 2. The molecule has 7 heteroatoms. The van der Waals surface area contributed by atoms with Crippen LogP contribution < -0.4 is 5.32 Å². The second-order valence-electron chi connectivity index (χ2n) is 5.75. The van der Waals surface area contributed by atoms with E-state index in [0.29, 0.717) is 6.42 Å². The first-order valence-corrected chi connectivity index (χ1v) is 6.63. The minimum Gasteiger partial charge on any atom is -0.480 e. The van der Waals surface area contributed by atoms with Gasteiger partial charge in [0.25, 0.3) is 0 Å². The number of nitrogens with one attached hydrogen (secondary N) is 1. The normalized spacial score (nSPS) is 12.8. The Labute approximate surface area is 124 Å². The van der Waals surface area contributed by atoms with Crippen molar-refractivity contribution in [1.82, 2.24) is 10.2 Å². The van der Waals surface area contributed by atoms with E-state index in [1.807, 2.05) is 0 Å². The molecule has 0 aliphatic heterocycles. The molecule has 0 aromatic heterocycles. The third-order valence-electron chi connectivity index (χ3n) is 2.31. The van der Waals surface area contributed by atoms with Crippen LogP contribution in [-0.4, -0.2) is 53.7 Å². The molecule has 0 saturated carbocycles.